The fourth-order valence-electron chi connectivity index (χ4n) is 2.38. The molecule has 0 amide bonds. The zero-order valence-electron chi connectivity index (χ0n) is 10.8. The molecule has 0 fully saturated rings. The van der Waals surface area contributed by atoms with Crippen LogP contribution in [-0.2, 0) is 6.42 Å². The SMILES string of the molecule is CCC(c1ccccc1)C(O)CCc1ccsc1. The van der Waals surface area contributed by atoms with Crippen LogP contribution in [0.1, 0.15) is 36.8 Å². The molecule has 0 saturated carbocycles. The number of aliphatic hydroxyl groups excluding tert-OH is 1. The average Bonchev–Trinajstić information content (AvgIpc) is 2.92. The first-order valence-corrected chi connectivity index (χ1v) is 7.49. The molecule has 0 aliphatic heterocycles. The van der Waals surface area contributed by atoms with Crippen molar-refractivity contribution >= 4 is 11.3 Å². The molecule has 0 spiro atoms. The van der Waals surface area contributed by atoms with E-state index in [0.29, 0.717) is 0 Å². The van der Waals surface area contributed by atoms with E-state index in [1.165, 1.54) is 11.1 Å². The Bertz CT molecular complexity index is 435. The van der Waals surface area contributed by atoms with Crippen molar-refractivity contribution in [1.29, 1.82) is 0 Å². The van der Waals surface area contributed by atoms with Gasteiger partial charge in [-0.05, 0) is 47.2 Å². The normalized spacial score (nSPS) is 14.3. The number of aliphatic hydroxyl groups is 1. The van der Waals surface area contributed by atoms with Crippen molar-refractivity contribution in [3.8, 4) is 0 Å². The molecule has 1 aromatic heterocycles. The molecule has 1 aromatic carbocycles. The number of aryl methyl sites for hydroxylation is 1. The molecule has 96 valence electrons. The summed E-state index contributed by atoms with van der Waals surface area (Å²) in [5, 5.41) is 14.6. The Morgan fingerprint density at radius 1 is 1.17 bits per heavy atom. The molecule has 1 nitrogen and oxygen atoms in total. The van der Waals surface area contributed by atoms with Crippen LogP contribution in [0.5, 0.6) is 0 Å². The maximum absolute atomic E-state index is 10.4. The first-order chi connectivity index (χ1) is 8.81. The van der Waals surface area contributed by atoms with E-state index in [0.717, 1.165) is 19.3 Å². The molecule has 2 heteroatoms. The monoisotopic (exact) mass is 260 g/mol. The Hall–Kier alpha value is -1.12. The molecule has 1 N–H and O–H groups in total. The number of rotatable bonds is 6. The standard InChI is InChI=1S/C16H20OS/c1-2-15(14-6-4-3-5-7-14)16(17)9-8-13-10-11-18-12-13/h3-7,10-12,15-17H,2,8-9H2,1H3. The predicted octanol–water partition coefficient (Wildman–Crippen LogP) is 4.24. The molecular weight excluding hydrogens is 240 g/mol. The highest BCUT2D eigenvalue weighted by Crippen LogP contribution is 2.26. The van der Waals surface area contributed by atoms with Gasteiger partial charge in [-0.3, -0.25) is 0 Å². The van der Waals surface area contributed by atoms with E-state index in [4.69, 9.17) is 0 Å². The highest BCUT2D eigenvalue weighted by molar-refractivity contribution is 7.07. The Morgan fingerprint density at radius 3 is 2.56 bits per heavy atom. The number of benzene rings is 1. The fraction of sp³-hybridized carbons (Fsp3) is 0.375. The second kappa shape index (κ2) is 6.72. The van der Waals surface area contributed by atoms with Gasteiger partial charge in [0, 0.05) is 5.92 Å². The van der Waals surface area contributed by atoms with Crippen LogP contribution in [0.15, 0.2) is 47.2 Å². The third-order valence-corrected chi connectivity index (χ3v) is 4.17. The lowest BCUT2D eigenvalue weighted by molar-refractivity contribution is 0.131. The van der Waals surface area contributed by atoms with Crippen molar-refractivity contribution < 1.29 is 5.11 Å². The van der Waals surface area contributed by atoms with Crippen molar-refractivity contribution in [2.24, 2.45) is 0 Å². The minimum absolute atomic E-state index is 0.253. The first kappa shape index (κ1) is 13.3. The molecule has 0 bridgehead atoms. The van der Waals surface area contributed by atoms with Gasteiger partial charge in [-0.2, -0.15) is 11.3 Å². The molecule has 1 heterocycles. The molecule has 0 saturated heterocycles. The van der Waals surface area contributed by atoms with Gasteiger partial charge in [-0.1, -0.05) is 37.3 Å². The van der Waals surface area contributed by atoms with Gasteiger partial charge in [0.15, 0.2) is 0 Å². The lowest BCUT2D eigenvalue weighted by Gasteiger charge is -2.22. The van der Waals surface area contributed by atoms with Gasteiger partial charge in [0.25, 0.3) is 0 Å². The number of hydrogen-bond donors (Lipinski definition) is 1. The lowest BCUT2D eigenvalue weighted by Crippen LogP contribution is -2.18. The van der Waals surface area contributed by atoms with E-state index in [1.54, 1.807) is 11.3 Å². The van der Waals surface area contributed by atoms with Gasteiger partial charge in [-0.15, -0.1) is 0 Å². The molecule has 0 aliphatic carbocycles. The maximum atomic E-state index is 10.4. The number of thiophene rings is 1. The summed E-state index contributed by atoms with van der Waals surface area (Å²) in [5.74, 6) is 0.254. The predicted molar refractivity (Wildman–Crippen MR) is 78.1 cm³/mol. The first-order valence-electron chi connectivity index (χ1n) is 6.55. The van der Waals surface area contributed by atoms with Gasteiger partial charge >= 0.3 is 0 Å². The quantitative estimate of drug-likeness (QED) is 0.824. The minimum atomic E-state index is -0.253. The van der Waals surface area contributed by atoms with Gasteiger partial charge < -0.3 is 5.11 Å². The van der Waals surface area contributed by atoms with Crippen LogP contribution in [-0.4, -0.2) is 11.2 Å². The van der Waals surface area contributed by atoms with Gasteiger partial charge in [0.1, 0.15) is 0 Å². The Kier molecular flexibility index (Phi) is 4.97. The van der Waals surface area contributed by atoms with Crippen LogP contribution < -0.4 is 0 Å². The molecule has 18 heavy (non-hydrogen) atoms. The molecule has 2 aromatic rings. The summed E-state index contributed by atoms with van der Waals surface area (Å²) in [6.45, 7) is 2.14. The summed E-state index contributed by atoms with van der Waals surface area (Å²) >= 11 is 1.72. The van der Waals surface area contributed by atoms with E-state index in [1.807, 2.05) is 18.2 Å². The smallest absolute Gasteiger partial charge is 0.0611 e. The maximum Gasteiger partial charge on any atom is 0.0611 e. The third-order valence-electron chi connectivity index (χ3n) is 3.44. The zero-order chi connectivity index (χ0) is 12.8. The Morgan fingerprint density at radius 2 is 1.94 bits per heavy atom. The zero-order valence-corrected chi connectivity index (χ0v) is 11.6. The van der Waals surface area contributed by atoms with E-state index in [2.05, 4.69) is 35.9 Å². The summed E-state index contributed by atoms with van der Waals surface area (Å²) in [6, 6.07) is 12.5. The van der Waals surface area contributed by atoms with Crippen LogP contribution in [0.3, 0.4) is 0 Å². The van der Waals surface area contributed by atoms with Crippen molar-refractivity contribution in [3.63, 3.8) is 0 Å². The largest absolute Gasteiger partial charge is 0.392 e. The van der Waals surface area contributed by atoms with Crippen LogP contribution in [0.4, 0.5) is 0 Å². The van der Waals surface area contributed by atoms with E-state index < -0.39 is 0 Å². The van der Waals surface area contributed by atoms with E-state index in [-0.39, 0.29) is 12.0 Å². The highest BCUT2D eigenvalue weighted by atomic mass is 32.1. The summed E-state index contributed by atoms with van der Waals surface area (Å²) in [7, 11) is 0. The van der Waals surface area contributed by atoms with Crippen molar-refractivity contribution in [1.82, 2.24) is 0 Å². The fourth-order valence-corrected chi connectivity index (χ4v) is 3.08. The molecule has 2 rings (SSSR count). The minimum Gasteiger partial charge on any atom is -0.392 e. The average molecular weight is 260 g/mol. The van der Waals surface area contributed by atoms with Crippen molar-refractivity contribution in [3.05, 3.63) is 58.3 Å². The summed E-state index contributed by atoms with van der Waals surface area (Å²) in [5.41, 5.74) is 2.58. The molecule has 0 radical (unpaired) electrons. The van der Waals surface area contributed by atoms with Gasteiger partial charge in [-0.25, -0.2) is 0 Å². The Balaban J connectivity index is 1.95. The van der Waals surface area contributed by atoms with Crippen LogP contribution >= 0.6 is 11.3 Å². The number of hydrogen-bond acceptors (Lipinski definition) is 2. The van der Waals surface area contributed by atoms with Crippen LogP contribution in [0, 0.1) is 0 Å². The topological polar surface area (TPSA) is 20.2 Å². The molecule has 2 unspecified atom stereocenters. The molecular formula is C16H20OS. The molecule has 0 aliphatic rings. The second-order valence-electron chi connectivity index (χ2n) is 4.66. The third kappa shape index (κ3) is 3.44. The van der Waals surface area contributed by atoms with Crippen molar-refractivity contribution in [2.75, 3.05) is 0 Å². The highest BCUT2D eigenvalue weighted by Gasteiger charge is 2.18. The second-order valence-corrected chi connectivity index (χ2v) is 5.44. The van der Waals surface area contributed by atoms with E-state index in [9.17, 15) is 5.11 Å². The Labute approximate surface area is 113 Å². The summed E-state index contributed by atoms with van der Waals surface area (Å²) in [6.07, 6.45) is 2.53. The van der Waals surface area contributed by atoms with Crippen LogP contribution in [0.2, 0.25) is 0 Å². The van der Waals surface area contributed by atoms with Crippen molar-refractivity contribution in [2.45, 2.75) is 38.2 Å². The van der Waals surface area contributed by atoms with Gasteiger partial charge in [0.2, 0.25) is 0 Å². The van der Waals surface area contributed by atoms with Crippen LogP contribution in [0.25, 0.3) is 0 Å². The molecule has 2 atom stereocenters. The van der Waals surface area contributed by atoms with E-state index >= 15 is 0 Å². The summed E-state index contributed by atoms with van der Waals surface area (Å²) < 4.78 is 0. The lowest BCUT2D eigenvalue weighted by atomic mass is 9.88. The summed E-state index contributed by atoms with van der Waals surface area (Å²) in [4.78, 5) is 0. The van der Waals surface area contributed by atoms with Gasteiger partial charge in [0.05, 0.1) is 6.10 Å².